The number of Topliss-reactive ketones (excluding diaryl/α,β-unsaturated/α-hetero) is 1. The van der Waals surface area contributed by atoms with Crippen LogP contribution in [0.15, 0.2) is 96.5 Å². The predicted octanol–water partition coefficient (Wildman–Crippen LogP) is 3.30. The molecule has 4 aromatic rings. The Hall–Kier alpha value is -4.72. The van der Waals surface area contributed by atoms with Crippen molar-refractivity contribution < 1.29 is 32.3 Å². The molecule has 11 nitrogen and oxygen atoms in total. The van der Waals surface area contributed by atoms with Gasteiger partial charge in [0.1, 0.15) is 29.3 Å². The largest absolute Gasteiger partial charge is 0.457 e. The Bertz CT molecular complexity index is 1820. The lowest BCUT2D eigenvalue weighted by Gasteiger charge is -2.28. The number of carbonyl (C=O) groups excluding carboxylic acids is 4. The van der Waals surface area contributed by atoms with E-state index in [0.29, 0.717) is 17.1 Å². The number of hydrogen-bond acceptors (Lipinski definition) is 9. The molecule has 4 heterocycles. The molecule has 0 saturated carbocycles. The molecule has 3 atom stereocenters. The van der Waals surface area contributed by atoms with Crippen molar-refractivity contribution in [3.63, 3.8) is 0 Å². The zero-order chi connectivity index (χ0) is 31.6. The highest BCUT2D eigenvalue weighted by molar-refractivity contribution is 8.04. The van der Waals surface area contributed by atoms with Gasteiger partial charge in [-0.2, -0.15) is 4.31 Å². The number of ether oxygens (including phenoxy) is 1. The molecular formula is C32H28N4O7S2. The van der Waals surface area contributed by atoms with Crippen molar-refractivity contribution >= 4 is 44.1 Å². The number of nitrogens with one attached hydrogen (secondary N) is 1. The number of hydrogen-bond donors (Lipinski definition) is 1. The van der Waals surface area contributed by atoms with E-state index in [2.05, 4.69) is 10.3 Å². The Balaban J connectivity index is 1.19. The Labute approximate surface area is 263 Å². The van der Waals surface area contributed by atoms with Gasteiger partial charge in [0.25, 0.3) is 15.9 Å². The fourth-order valence-corrected chi connectivity index (χ4v) is 7.86. The molecule has 0 aliphatic carbocycles. The highest BCUT2D eigenvalue weighted by Gasteiger charge is 2.55. The van der Waals surface area contributed by atoms with Crippen molar-refractivity contribution in [3.05, 3.63) is 113 Å². The molecule has 0 bridgehead atoms. The molecule has 2 aromatic heterocycles. The number of fused-ring (bicyclic) bond motifs is 1. The zero-order valence-electron chi connectivity index (χ0n) is 23.8. The number of sulfonamides is 1. The third-order valence-corrected chi connectivity index (χ3v) is 10.4. The van der Waals surface area contributed by atoms with E-state index >= 15 is 0 Å². The first-order valence-electron chi connectivity index (χ1n) is 14.2. The summed E-state index contributed by atoms with van der Waals surface area (Å²) in [6, 6.07) is 20.7. The second kappa shape index (κ2) is 12.7. The Morgan fingerprint density at radius 3 is 2.38 bits per heavy atom. The summed E-state index contributed by atoms with van der Waals surface area (Å²) >= 11 is 1.43. The fourth-order valence-electron chi connectivity index (χ4n) is 5.63. The van der Waals surface area contributed by atoms with Crippen LogP contribution < -0.4 is 10.1 Å². The van der Waals surface area contributed by atoms with Gasteiger partial charge in [0.15, 0.2) is 5.78 Å². The average molecular weight is 645 g/mol. The van der Waals surface area contributed by atoms with E-state index in [-0.39, 0.29) is 25.1 Å². The summed E-state index contributed by atoms with van der Waals surface area (Å²) in [5.41, 5.74) is 0.0543. The van der Waals surface area contributed by atoms with Crippen LogP contribution in [0.1, 0.15) is 32.1 Å². The fraction of sp³-hybridized carbons (Fsp3) is 0.219. The first-order chi connectivity index (χ1) is 21.7. The van der Waals surface area contributed by atoms with Gasteiger partial charge < -0.3 is 15.0 Å². The number of nitrogens with zero attached hydrogens (tertiary/aromatic N) is 3. The van der Waals surface area contributed by atoms with Gasteiger partial charge in [-0.05, 0) is 66.4 Å². The number of likely N-dealkylation sites (tertiary alicyclic amines) is 1. The van der Waals surface area contributed by atoms with Gasteiger partial charge in [-0.25, -0.2) is 8.42 Å². The van der Waals surface area contributed by atoms with Crippen molar-refractivity contribution in [3.8, 4) is 11.5 Å². The van der Waals surface area contributed by atoms with Crippen LogP contribution in [-0.2, 0) is 26.0 Å². The lowest BCUT2D eigenvalue weighted by atomic mass is 10.1. The van der Waals surface area contributed by atoms with E-state index in [9.17, 15) is 27.6 Å². The summed E-state index contributed by atoms with van der Waals surface area (Å²) in [5, 5.41) is 3.48. The molecule has 2 aliphatic rings. The van der Waals surface area contributed by atoms with Gasteiger partial charge in [0, 0.05) is 29.6 Å². The maximum atomic E-state index is 14.0. The zero-order valence-corrected chi connectivity index (χ0v) is 25.4. The molecule has 6 rings (SSSR count). The molecule has 1 N–H and O–H groups in total. The van der Waals surface area contributed by atoms with Gasteiger partial charge in [0.05, 0.1) is 12.6 Å². The lowest BCUT2D eigenvalue weighted by Crippen LogP contribution is -2.53. The molecule has 13 heteroatoms. The number of pyridine rings is 1. The molecule has 2 saturated heterocycles. The Kier molecular flexibility index (Phi) is 8.57. The monoisotopic (exact) mass is 644 g/mol. The van der Waals surface area contributed by atoms with Crippen molar-refractivity contribution in [2.45, 2.75) is 31.0 Å². The molecule has 3 unspecified atom stereocenters. The number of aromatic nitrogens is 1. The van der Waals surface area contributed by atoms with Crippen LogP contribution in [0.5, 0.6) is 11.5 Å². The van der Waals surface area contributed by atoms with E-state index in [1.165, 1.54) is 34.6 Å². The van der Waals surface area contributed by atoms with Crippen molar-refractivity contribution in [2.24, 2.45) is 0 Å². The molecule has 45 heavy (non-hydrogen) atoms. The first kappa shape index (κ1) is 30.3. The first-order valence-corrected chi connectivity index (χ1v) is 16.5. The standard InChI is InChI=1S/C32H28N4O7S2/c37-28-20-36(45(41,42)32(40)25-10-4-5-16-33-25)27-15-17-35(29(27)28)31(39)26(19-24-9-6-18-44-24)34-30(38)21-11-13-23(14-12-21)43-22-7-2-1-3-8-22/h1-14,16,18,26-27,29H,15,17,19-20H2,(H,34,38). The van der Waals surface area contributed by atoms with Gasteiger partial charge in [-0.15, -0.1) is 11.3 Å². The minimum absolute atomic E-state index is 0.0893. The number of thiophene rings is 1. The molecule has 2 aromatic carbocycles. The summed E-state index contributed by atoms with van der Waals surface area (Å²) in [6.07, 6.45) is 1.66. The number of carbonyl (C=O) groups is 4. The van der Waals surface area contributed by atoms with Gasteiger partial charge in [-0.3, -0.25) is 24.2 Å². The average Bonchev–Trinajstić information content (AvgIpc) is 3.81. The topological polar surface area (TPSA) is 143 Å². The normalized spacial score (nSPS) is 18.8. The van der Waals surface area contributed by atoms with E-state index < -0.39 is 57.4 Å². The van der Waals surface area contributed by atoms with Crippen LogP contribution in [-0.4, -0.2) is 76.5 Å². The molecule has 2 aliphatic heterocycles. The molecule has 2 fully saturated rings. The maximum Gasteiger partial charge on any atom is 0.310 e. The highest BCUT2D eigenvalue weighted by Crippen LogP contribution is 2.33. The van der Waals surface area contributed by atoms with Gasteiger partial charge in [-0.1, -0.05) is 30.3 Å². The third-order valence-electron chi connectivity index (χ3n) is 7.76. The number of amides is 2. The smallest absolute Gasteiger partial charge is 0.310 e. The van der Waals surface area contributed by atoms with Gasteiger partial charge in [0.2, 0.25) is 5.91 Å². The van der Waals surface area contributed by atoms with E-state index in [1.807, 2.05) is 47.8 Å². The quantitative estimate of drug-likeness (QED) is 0.293. The minimum atomic E-state index is -4.57. The minimum Gasteiger partial charge on any atom is -0.457 e. The van der Waals surface area contributed by atoms with Crippen LogP contribution in [0, 0.1) is 0 Å². The number of benzene rings is 2. The molecule has 0 spiro atoms. The molecular weight excluding hydrogens is 617 g/mol. The van der Waals surface area contributed by atoms with Crippen molar-refractivity contribution in [2.75, 3.05) is 13.1 Å². The predicted molar refractivity (Wildman–Crippen MR) is 165 cm³/mol. The van der Waals surface area contributed by atoms with Crippen LogP contribution >= 0.6 is 11.3 Å². The molecule has 0 radical (unpaired) electrons. The van der Waals surface area contributed by atoms with Crippen LogP contribution in [0.4, 0.5) is 0 Å². The van der Waals surface area contributed by atoms with Gasteiger partial charge >= 0.3 is 5.12 Å². The summed E-state index contributed by atoms with van der Waals surface area (Å²) in [4.78, 5) is 59.5. The Morgan fingerprint density at radius 1 is 0.956 bits per heavy atom. The van der Waals surface area contributed by atoms with E-state index in [1.54, 1.807) is 30.3 Å². The lowest BCUT2D eigenvalue weighted by molar-refractivity contribution is -0.138. The van der Waals surface area contributed by atoms with Crippen LogP contribution in [0.25, 0.3) is 0 Å². The third kappa shape index (κ3) is 6.27. The maximum absolute atomic E-state index is 14.0. The van der Waals surface area contributed by atoms with Crippen molar-refractivity contribution in [1.29, 1.82) is 0 Å². The summed E-state index contributed by atoms with van der Waals surface area (Å²) < 4.78 is 33.3. The SMILES string of the molecule is O=C(NC(Cc1cccs1)C(=O)N1CCC2C1C(=O)CN2S(=O)(=O)C(=O)c1ccccn1)c1ccc(Oc2ccccc2)cc1. The summed E-state index contributed by atoms with van der Waals surface area (Å²) in [7, 11) is -4.57. The van der Waals surface area contributed by atoms with E-state index in [4.69, 9.17) is 4.74 Å². The van der Waals surface area contributed by atoms with Crippen LogP contribution in [0.2, 0.25) is 0 Å². The van der Waals surface area contributed by atoms with E-state index in [0.717, 1.165) is 9.18 Å². The number of para-hydroxylation sites is 1. The highest BCUT2D eigenvalue weighted by atomic mass is 32.2. The Morgan fingerprint density at radius 2 is 1.69 bits per heavy atom. The second-order valence-corrected chi connectivity index (χ2v) is 13.4. The number of ketones is 1. The summed E-state index contributed by atoms with van der Waals surface area (Å²) in [5.74, 6) is -0.299. The second-order valence-electron chi connectivity index (χ2n) is 10.6. The van der Waals surface area contributed by atoms with Crippen molar-refractivity contribution in [1.82, 2.24) is 19.5 Å². The molecule has 230 valence electrons. The number of rotatable bonds is 9. The van der Waals surface area contributed by atoms with Crippen LogP contribution in [0.3, 0.4) is 0 Å². The summed E-state index contributed by atoms with van der Waals surface area (Å²) in [6.45, 7) is -0.439. The molecule has 2 amide bonds.